The highest BCUT2D eigenvalue weighted by Gasteiger charge is 2.27. The molecule has 6 nitrogen and oxygen atoms in total. The first-order valence-corrected chi connectivity index (χ1v) is 12.8. The van der Waals surface area contributed by atoms with Crippen LogP contribution in [0, 0.1) is 0 Å². The van der Waals surface area contributed by atoms with Crippen molar-refractivity contribution in [1.82, 2.24) is 0 Å². The van der Waals surface area contributed by atoms with E-state index in [1.54, 1.807) is 23.5 Å². The van der Waals surface area contributed by atoms with Gasteiger partial charge in [-0.15, -0.1) is 0 Å². The van der Waals surface area contributed by atoms with E-state index in [2.05, 4.69) is 0 Å². The topological polar surface area (TPSA) is 71.1 Å². The molecular weight excluding hydrogens is 448 g/mol. The van der Waals surface area contributed by atoms with E-state index < -0.39 is 0 Å². The number of ether oxygens (including phenoxy) is 4. The van der Waals surface area contributed by atoms with Gasteiger partial charge in [-0.25, -0.2) is 0 Å². The lowest BCUT2D eigenvalue weighted by molar-refractivity contribution is -0.136. The van der Waals surface area contributed by atoms with Gasteiger partial charge < -0.3 is 18.9 Å². The average molecular weight is 475 g/mol. The lowest BCUT2D eigenvalue weighted by atomic mass is 10.1. The standard InChI is InChI=1S/C24H26O6S2/c25-23-15-21(17-5-1-3-7-19(17)29-23)31-13-11-27-9-10-28-12-14-32-22-16-24(26)30-20-8-4-2-6-18(20)22/h1-8,21-22H,9-16H2. The van der Waals surface area contributed by atoms with Crippen molar-refractivity contribution in [2.24, 2.45) is 0 Å². The molecule has 0 fully saturated rings. The van der Waals surface area contributed by atoms with Gasteiger partial charge >= 0.3 is 11.9 Å². The van der Waals surface area contributed by atoms with Crippen LogP contribution in [0.25, 0.3) is 0 Å². The lowest BCUT2D eigenvalue weighted by Gasteiger charge is -2.24. The maximum Gasteiger partial charge on any atom is 0.312 e. The van der Waals surface area contributed by atoms with E-state index in [0.29, 0.717) is 50.8 Å². The Labute approximate surface area is 196 Å². The summed E-state index contributed by atoms with van der Waals surface area (Å²) < 4.78 is 21.9. The minimum atomic E-state index is -0.179. The molecule has 0 bridgehead atoms. The molecule has 0 saturated heterocycles. The molecular formula is C24H26O6S2. The van der Waals surface area contributed by atoms with E-state index in [9.17, 15) is 9.59 Å². The SMILES string of the molecule is O=C1CC(SCCOCCOCCSC2CC(=O)Oc3ccccc32)c2ccccc2O1. The minimum absolute atomic E-state index is 0.117. The number of esters is 2. The van der Waals surface area contributed by atoms with E-state index >= 15 is 0 Å². The molecule has 170 valence electrons. The van der Waals surface area contributed by atoms with Crippen LogP contribution in [0.5, 0.6) is 11.5 Å². The number of para-hydroxylation sites is 2. The van der Waals surface area contributed by atoms with E-state index in [4.69, 9.17) is 18.9 Å². The molecule has 4 rings (SSSR count). The van der Waals surface area contributed by atoms with Gasteiger partial charge in [0.15, 0.2) is 0 Å². The predicted molar refractivity (Wildman–Crippen MR) is 125 cm³/mol. The summed E-state index contributed by atoms with van der Waals surface area (Å²) in [6.45, 7) is 2.29. The van der Waals surface area contributed by atoms with Gasteiger partial charge in [0.05, 0.1) is 39.3 Å². The Morgan fingerprint density at radius 1 is 0.688 bits per heavy atom. The fourth-order valence-electron chi connectivity index (χ4n) is 3.65. The fraction of sp³-hybridized carbons (Fsp3) is 0.417. The zero-order chi connectivity index (χ0) is 22.2. The molecule has 2 atom stereocenters. The normalized spacial score (nSPS) is 19.6. The molecule has 2 heterocycles. The van der Waals surface area contributed by atoms with Crippen molar-refractivity contribution >= 4 is 35.5 Å². The second-order valence-corrected chi connectivity index (χ2v) is 10.00. The monoisotopic (exact) mass is 474 g/mol. The highest BCUT2D eigenvalue weighted by molar-refractivity contribution is 7.99. The van der Waals surface area contributed by atoms with Crippen LogP contribution in [-0.4, -0.2) is 49.9 Å². The van der Waals surface area contributed by atoms with Gasteiger partial charge in [-0.1, -0.05) is 36.4 Å². The first-order chi connectivity index (χ1) is 15.7. The van der Waals surface area contributed by atoms with Crippen LogP contribution in [0.4, 0.5) is 0 Å². The smallest absolute Gasteiger partial charge is 0.312 e. The van der Waals surface area contributed by atoms with Crippen molar-refractivity contribution in [3.8, 4) is 11.5 Å². The molecule has 2 aliphatic heterocycles. The number of carbonyl (C=O) groups excluding carboxylic acids is 2. The number of hydrogen-bond donors (Lipinski definition) is 0. The summed E-state index contributed by atoms with van der Waals surface area (Å²) in [6.07, 6.45) is 0.789. The molecule has 8 heteroatoms. The minimum Gasteiger partial charge on any atom is -0.426 e. The second kappa shape index (κ2) is 11.7. The van der Waals surface area contributed by atoms with Crippen molar-refractivity contribution in [2.45, 2.75) is 23.3 Å². The van der Waals surface area contributed by atoms with Crippen LogP contribution < -0.4 is 9.47 Å². The molecule has 32 heavy (non-hydrogen) atoms. The number of fused-ring (bicyclic) bond motifs is 2. The molecule has 0 N–H and O–H groups in total. The van der Waals surface area contributed by atoms with Crippen molar-refractivity contribution in [1.29, 1.82) is 0 Å². The van der Waals surface area contributed by atoms with Gasteiger partial charge in [-0.2, -0.15) is 23.5 Å². The van der Waals surface area contributed by atoms with E-state index in [1.165, 1.54) is 0 Å². The van der Waals surface area contributed by atoms with Gasteiger partial charge in [0, 0.05) is 33.1 Å². The highest BCUT2D eigenvalue weighted by atomic mass is 32.2. The summed E-state index contributed by atoms with van der Waals surface area (Å²) in [4.78, 5) is 23.5. The lowest BCUT2D eigenvalue weighted by Crippen LogP contribution is -2.19. The van der Waals surface area contributed by atoms with Gasteiger partial charge in [0.1, 0.15) is 11.5 Å². The molecule has 0 radical (unpaired) electrons. The summed E-state index contributed by atoms with van der Waals surface area (Å²) in [6, 6.07) is 15.4. The first-order valence-electron chi connectivity index (χ1n) is 10.7. The van der Waals surface area contributed by atoms with Crippen LogP contribution in [0.15, 0.2) is 48.5 Å². The summed E-state index contributed by atoms with van der Waals surface area (Å²) in [5.74, 6) is 2.59. The summed E-state index contributed by atoms with van der Waals surface area (Å²) in [5, 5.41) is 0.234. The van der Waals surface area contributed by atoms with Gasteiger partial charge in [-0.3, -0.25) is 9.59 Å². The number of thioether (sulfide) groups is 2. The van der Waals surface area contributed by atoms with Crippen LogP contribution in [0.3, 0.4) is 0 Å². The first kappa shape index (κ1) is 23.2. The summed E-state index contributed by atoms with van der Waals surface area (Å²) in [7, 11) is 0. The molecule has 0 spiro atoms. The Bertz CT molecular complexity index is 859. The van der Waals surface area contributed by atoms with E-state index in [1.807, 2.05) is 48.5 Å². The molecule has 2 unspecified atom stereocenters. The summed E-state index contributed by atoms with van der Waals surface area (Å²) >= 11 is 3.44. The molecule has 0 aromatic heterocycles. The Hall–Kier alpha value is -2.00. The zero-order valence-corrected chi connectivity index (χ0v) is 19.3. The zero-order valence-electron chi connectivity index (χ0n) is 17.7. The Balaban J connectivity index is 1.06. The van der Waals surface area contributed by atoms with Crippen LogP contribution in [0.2, 0.25) is 0 Å². The van der Waals surface area contributed by atoms with Gasteiger partial charge in [0.25, 0.3) is 0 Å². The number of hydrogen-bond acceptors (Lipinski definition) is 8. The molecule has 0 amide bonds. The largest absolute Gasteiger partial charge is 0.426 e. The van der Waals surface area contributed by atoms with Crippen LogP contribution in [-0.2, 0) is 19.1 Å². The number of rotatable bonds is 11. The van der Waals surface area contributed by atoms with Crippen molar-refractivity contribution in [3.05, 3.63) is 59.7 Å². The van der Waals surface area contributed by atoms with Crippen molar-refractivity contribution in [2.75, 3.05) is 37.9 Å². The van der Waals surface area contributed by atoms with Crippen molar-refractivity contribution in [3.63, 3.8) is 0 Å². The molecule has 0 saturated carbocycles. The number of benzene rings is 2. The highest BCUT2D eigenvalue weighted by Crippen LogP contribution is 2.42. The molecule has 2 aromatic carbocycles. The maximum absolute atomic E-state index is 11.8. The quantitative estimate of drug-likeness (QED) is 0.266. The summed E-state index contributed by atoms with van der Waals surface area (Å²) in [5.41, 5.74) is 2.15. The fourth-order valence-corrected chi connectivity index (χ4v) is 5.90. The Morgan fingerprint density at radius 2 is 1.12 bits per heavy atom. The Kier molecular flexibility index (Phi) is 8.50. The molecule has 2 aromatic rings. The molecule has 0 aliphatic carbocycles. The maximum atomic E-state index is 11.8. The Morgan fingerprint density at radius 3 is 1.59 bits per heavy atom. The van der Waals surface area contributed by atoms with Gasteiger partial charge in [0.2, 0.25) is 0 Å². The predicted octanol–water partition coefficient (Wildman–Crippen LogP) is 4.59. The third kappa shape index (κ3) is 6.28. The third-order valence-corrected chi connectivity index (χ3v) is 7.60. The third-order valence-electron chi connectivity index (χ3n) is 5.15. The van der Waals surface area contributed by atoms with E-state index in [-0.39, 0.29) is 22.4 Å². The van der Waals surface area contributed by atoms with E-state index in [0.717, 1.165) is 22.6 Å². The average Bonchev–Trinajstić information content (AvgIpc) is 2.79. The van der Waals surface area contributed by atoms with Gasteiger partial charge in [-0.05, 0) is 12.1 Å². The van der Waals surface area contributed by atoms with Crippen LogP contribution >= 0.6 is 23.5 Å². The van der Waals surface area contributed by atoms with Crippen LogP contribution in [0.1, 0.15) is 34.5 Å². The second-order valence-electron chi connectivity index (χ2n) is 7.38. The number of carbonyl (C=O) groups is 2. The van der Waals surface area contributed by atoms with Crippen molar-refractivity contribution < 1.29 is 28.5 Å². The molecule has 2 aliphatic rings.